The van der Waals surface area contributed by atoms with E-state index in [1.807, 2.05) is 12.1 Å². The highest BCUT2D eigenvalue weighted by Gasteiger charge is 1.93. The Hall–Kier alpha value is -0.470. The van der Waals surface area contributed by atoms with E-state index in [-0.39, 0.29) is 12.4 Å². The van der Waals surface area contributed by atoms with Crippen LogP contribution in [0.1, 0.15) is 44.8 Å². The Bertz CT molecular complexity index is 211. The monoisotopic (exact) mass is 231 g/mol. The van der Waals surface area contributed by atoms with Gasteiger partial charge < -0.3 is 9.73 Å². The minimum Gasteiger partial charge on any atom is -0.468 e. The SMILES string of the molecule is CCCCCCCNCc1ccco1.Cl. The van der Waals surface area contributed by atoms with Crippen LogP contribution >= 0.6 is 12.4 Å². The summed E-state index contributed by atoms with van der Waals surface area (Å²) in [5, 5.41) is 3.37. The zero-order chi connectivity index (χ0) is 10.1. The molecule has 0 spiro atoms. The normalized spacial score (nSPS) is 9.93. The third-order valence-corrected chi connectivity index (χ3v) is 2.34. The van der Waals surface area contributed by atoms with Crippen molar-refractivity contribution in [1.82, 2.24) is 5.32 Å². The largest absolute Gasteiger partial charge is 0.468 e. The molecule has 0 saturated heterocycles. The summed E-state index contributed by atoms with van der Waals surface area (Å²) in [5.41, 5.74) is 0. The van der Waals surface area contributed by atoms with Gasteiger partial charge in [0.1, 0.15) is 5.76 Å². The number of hydrogen-bond acceptors (Lipinski definition) is 2. The molecule has 1 rings (SSSR count). The Labute approximate surface area is 98.8 Å². The topological polar surface area (TPSA) is 25.2 Å². The summed E-state index contributed by atoms with van der Waals surface area (Å²) in [6.45, 7) is 4.21. The highest BCUT2D eigenvalue weighted by Crippen LogP contribution is 2.02. The molecule has 0 aliphatic rings. The number of hydrogen-bond donors (Lipinski definition) is 1. The van der Waals surface area contributed by atoms with Gasteiger partial charge in [-0.3, -0.25) is 0 Å². The first-order chi connectivity index (χ1) is 6.93. The molecule has 0 fully saturated rings. The molecule has 1 heterocycles. The van der Waals surface area contributed by atoms with Gasteiger partial charge in [-0.1, -0.05) is 32.6 Å². The van der Waals surface area contributed by atoms with Crippen LogP contribution in [0.3, 0.4) is 0 Å². The van der Waals surface area contributed by atoms with E-state index in [1.165, 1.54) is 32.1 Å². The molecule has 0 bridgehead atoms. The molecule has 0 aromatic carbocycles. The molecule has 15 heavy (non-hydrogen) atoms. The Morgan fingerprint density at radius 3 is 2.67 bits per heavy atom. The molecule has 1 aromatic rings. The van der Waals surface area contributed by atoms with Gasteiger partial charge in [-0.05, 0) is 25.1 Å². The number of halogens is 1. The summed E-state index contributed by atoms with van der Waals surface area (Å²) in [7, 11) is 0. The van der Waals surface area contributed by atoms with Crippen molar-refractivity contribution in [2.24, 2.45) is 0 Å². The van der Waals surface area contributed by atoms with Crippen LogP contribution in [0.15, 0.2) is 22.8 Å². The van der Waals surface area contributed by atoms with Crippen molar-refractivity contribution in [2.75, 3.05) is 6.54 Å². The van der Waals surface area contributed by atoms with Crippen LogP contribution < -0.4 is 5.32 Å². The van der Waals surface area contributed by atoms with Gasteiger partial charge >= 0.3 is 0 Å². The summed E-state index contributed by atoms with van der Waals surface area (Å²) in [6, 6.07) is 3.93. The Morgan fingerprint density at radius 2 is 2.00 bits per heavy atom. The standard InChI is InChI=1S/C12H21NO.ClH/c1-2-3-4-5-6-9-13-11-12-8-7-10-14-12;/h7-8,10,13H,2-6,9,11H2,1H3;1H. The molecule has 88 valence electrons. The average Bonchev–Trinajstić information content (AvgIpc) is 2.69. The Balaban J connectivity index is 0.00000196. The minimum atomic E-state index is 0. The maximum atomic E-state index is 5.22. The minimum absolute atomic E-state index is 0. The van der Waals surface area contributed by atoms with Crippen LogP contribution in [-0.2, 0) is 6.54 Å². The lowest BCUT2D eigenvalue weighted by atomic mass is 10.1. The molecule has 0 saturated carbocycles. The third-order valence-electron chi connectivity index (χ3n) is 2.34. The second-order valence-electron chi connectivity index (χ2n) is 3.67. The van der Waals surface area contributed by atoms with E-state index in [1.54, 1.807) is 6.26 Å². The van der Waals surface area contributed by atoms with E-state index in [9.17, 15) is 0 Å². The first kappa shape index (κ1) is 14.5. The predicted octanol–water partition coefficient (Wildman–Crippen LogP) is 3.76. The highest BCUT2D eigenvalue weighted by molar-refractivity contribution is 5.85. The molecular formula is C12H22ClNO. The van der Waals surface area contributed by atoms with E-state index in [2.05, 4.69) is 12.2 Å². The fraction of sp³-hybridized carbons (Fsp3) is 0.667. The van der Waals surface area contributed by atoms with Gasteiger partial charge in [0.2, 0.25) is 0 Å². The van der Waals surface area contributed by atoms with Crippen molar-refractivity contribution in [2.45, 2.75) is 45.6 Å². The quantitative estimate of drug-likeness (QED) is 0.690. The number of unbranched alkanes of at least 4 members (excludes halogenated alkanes) is 4. The molecule has 1 N–H and O–H groups in total. The molecule has 0 unspecified atom stereocenters. The van der Waals surface area contributed by atoms with Crippen molar-refractivity contribution in [3.05, 3.63) is 24.2 Å². The van der Waals surface area contributed by atoms with Gasteiger partial charge in [0.05, 0.1) is 12.8 Å². The number of nitrogens with one attached hydrogen (secondary N) is 1. The van der Waals surface area contributed by atoms with Crippen LogP contribution in [0, 0.1) is 0 Å². The van der Waals surface area contributed by atoms with Gasteiger partial charge in [0.25, 0.3) is 0 Å². The van der Waals surface area contributed by atoms with Gasteiger partial charge in [-0.15, -0.1) is 12.4 Å². The maximum Gasteiger partial charge on any atom is 0.117 e. The van der Waals surface area contributed by atoms with Crippen molar-refractivity contribution in [3.63, 3.8) is 0 Å². The first-order valence-electron chi connectivity index (χ1n) is 5.66. The van der Waals surface area contributed by atoms with Crippen molar-refractivity contribution < 1.29 is 4.42 Å². The summed E-state index contributed by atoms with van der Waals surface area (Å²) in [4.78, 5) is 0. The van der Waals surface area contributed by atoms with Gasteiger partial charge in [0.15, 0.2) is 0 Å². The Kier molecular flexibility index (Phi) is 9.75. The molecule has 2 nitrogen and oxygen atoms in total. The molecule has 3 heteroatoms. The summed E-state index contributed by atoms with van der Waals surface area (Å²) >= 11 is 0. The van der Waals surface area contributed by atoms with E-state index in [0.717, 1.165) is 18.8 Å². The molecule has 1 aromatic heterocycles. The Morgan fingerprint density at radius 1 is 1.20 bits per heavy atom. The number of furan rings is 1. The summed E-state index contributed by atoms with van der Waals surface area (Å²) in [6.07, 6.45) is 8.41. The predicted molar refractivity (Wildman–Crippen MR) is 66.4 cm³/mol. The van der Waals surface area contributed by atoms with Crippen LogP contribution in [0.4, 0.5) is 0 Å². The maximum absolute atomic E-state index is 5.22. The fourth-order valence-corrected chi connectivity index (χ4v) is 1.48. The number of rotatable bonds is 8. The van der Waals surface area contributed by atoms with Crippen LogP contribution in [0.5, 0.6) is 0 Å². The second kappa shape index (κ2) is 10.1. The zero-order valence-electron chi connectivity index (χ0n) is 9.50. The zero-order valence-corrected chi connectivity index (χ0v) is 10.3. The lowest BCUT2D eigenvalue weighted by Gasteiger charge is -2.02. The van der Waals surface area contributed by atoms with E-state index >= 15 is 0 Å². The average molecular weight is 232 g/mol. The van der Waals surface area contributed by atoms with Crippen molar-refractivity contribution in [1.29, 1.82) is 0 Å². The van der Waals surface area contributed by atoms with E-state index < -0.39 is 0 Å². The first-order valence-corrected chi connectivity index (χ1v) is 5.66. The molecule has 0 atom stereocenters. The van der Waals surface area contributed by atoms with Crippen molar-refractivity contribution >= 4 is 12.4 Å². The third kappa shape index (κ3) is 7.46. The molecule has 0 amide bonds. The molecule has 0 aliphatic heterocycles. The molecular weight excluding hydrogens is 210 g/mol. The highest BCUT2D eigenvalue weighted by atomic mass is 35.5. The summed E-state index contributed by atoms with van der Waals surface area (Å²) in [5.74, 6) is 1.03. The second-order valence-corrected chi connectivity index (χ2v) is 3.67. The lowest BCUT2D eigenvalue weighted by Crippen LogP contribution is -2.13. The van der Waals surface area contributed by atoms with Crippen LogP contribution in [-0.4, -0.2) is 6.54 Å². The van der Waals surface area contributed by atoms with Crippen molar-refractivity contribution in [3.8, 4) is 0 Å². The molecule has 0 aliphatic carbocycles. The smallest absolute Gasteiger partial charge is 0.117 e. The van der Waals surface area contributed by atoms with Gasteiger partial charge in [0, 0.05) is 0 Å². The molecule has 0 radical (unpaired) electrons. The van der Waals surface area contributed by atoms with Crippen LogP contribution in [0.2, 0.25) is 0 Å². The van der Waals surface area contributed by atoms with Gasteiger partial charge in [-0.2, -0.15) is 0 Å². The summed E-state index contributed by atoms with van der Waals surface area (Å²) < 4.78 is 5.22. The van der Waals surface area contributed by atoms with Crippen LogP contribution in [0.25, 0.3) is 0 Å². The van der Waals surface area contributed by atoms with Gasteiger partial charge in [-0.25, -0.2) is 0 Å². The van der Waals surface area contributed by atoms with E-state index in [4.69, 9.17) is 4.42 Å². The lowest BCUT2D eigenvalue weighted by molar-refractivity contribution is 0.477. The van der Waals surface area contributed by atoms with E-state index in [0.29, 0.717) is 0 Å². The fourth-order valence-electron chi connectivity index (χ4n) is 1.48.